The molecule has 0 spiro atoms. The molecule has 0 aliphatic heterocycles. The molecule has 2 rings (SSSR count). The van der Waals surface area contributed by atoms with Gasteiger partial charge in [-0.1, -0.05) is 6.07 Å². The maximum absolute atomic E-state index is 11.4. The molecule has 0 bridgehead atoms. The molecule has 0 aromatic carbocycles. The predicted octanol–water partition coefficient (Wildman–Crippen LogP) is 1.16. The van der Waals surface area contributed by atoms with Gasteiger partial charge in [-0.25, -0.2) is 14.9 Å². The maximum atomic E-state index is 11.4. The van der Waals surface area contributed by atoms with Crippen LogP contribution < -0.4 is 11.4 Å². The smallest absolute Gasteiger partial charge is 0.324 e. The second-order valence-electron chi connectivity index (χ2n) is 3.88. The van der Waals surface area contributed by atoms with E-state index in [1.54, 1.807) is 10.8 Å². The third-order valence-corrected chi connectivity index (χ3v) is 3.47. The number of hydrogen-bond acceptors (Lipinski definition) is 5. The van der Waals surface area contributed by atoms with Crippen LogP contribution in [-0.2, 0) is 6.54 Å². The number of nitrogens with one attached hydrogen (secondary N) is 1. The largest absolute Gasteiger partial charge is 0.343 e. The van der Waals surface area contributed by atoms with E-state index in [1.165, 1.54) is 11.8 Å². The first kappa shape index (κ1) is 12.8. The standard InChI is InChI=1S/C11H15N5OS/c1-3-16-10(17)14-15-11(16)18-9-5-4-8(6-13-9)7(2)12/h4-7H,3,12H2,1-2H3,(H,14,17)/t7-/m1/s1. The summed E-state index contributed by atoms with van der Waals surface area (Å²) in [7, 11) is 0. The van der Waals surface area contributed by atoms with Crippen LogP contribution in [-0.4, -0.2) is 19.7 Å². The van der Waals surface area contributed by atoms with E-state index in [4.69, 9.17) is 5.73 Å². The van der Waals surface area contributed by atoms with Gasteiger partial charge in [0.1, 0.15) is 5.03 Å². The number of aromatic amines is 1. The lowest BCUT2D eigenvalue weighted by molar-refractivity contribution is 0.660. The molecule has 0 fully saturated rings. The predicted molar refractivity (Wildman–Crippen MR) is 69.5 cm³/mol. The van der Waals surface area contributed by atoms with Gasteiger partial charge in [-0.3, -0.25) is 4.57 Å². The van der Waals surface area contributed by atoms with Crippen LogP contribution >= 0.6 is 11.8 Å². The lowest BCUT2D eigenvalue weighted by atomic mass is 10.2. The second kappa shape index (κ2) is 5.36. The van der Waals surface area contributed by atoms with Crippen LogP contribution in [0.4, 0.5) is 0 Å². The van der Waals surface area contributed by atoms with E-state index in [-0.39, 0.29) is 11.7 Å². The Balaban J connectivity index is 2.21. The van der Waals surface area contributed by atoms with Gasteiger partial charge in [-0.05, 0) is 37.2 Å². The van der Waals surface area contributed by atoms with Gasteiger partial charge >= 0.3 is 5.69 Å². The van der Waals surface area contributed by atoms with E-state index < -0.39 is 0 Å². The number of pyridine rings is 1. The van der Waals surface area contributed by atoms with Gasteiger partial charge in [0.25, 0.3) is 0 Å². The first-order valence-corrected chi connectivity index (χ1v) is 6.48. The number of hydrogen-bond donors (Lipinski definition) is 2. The Morgan fingerprint density at radius 1 is 1.56 bits per heavy atom. The second-order valence-corrected chi connectivity index (χ2v) is 4.86. The molecule has 2 heterocycles. The van der Waals surface area contributed by atoms with Crippen molar-refractivity contribution in [1.82, 2.24) is 19.7 Å². The van der Waals surface area contributed by atoms with Gasteiger partial charge in [0.2, 0.25) is 0 Å². The van der Waals surface area contributed by atoms with E-state index in [1.807, 2.05) is 26.0 Å². The highest BCUT2D eigenvalue weighted by Crippen LogP contribution is 2.23. The van der Waals surface area contributed by atoms with Crippen molar-refractivity contribution in [2.45, 2.75) is 36.6 Å². The summed E-state index contributed by atoms with van der Waals surface area (Å²) in [5.74, 6) is 0. The number of nitrogens with two attached hydrogens (primary N) is 1. The van der Waals surface area contributed by atoms with Crippen LogP contribution in [0.2, 0.25) is 0 Å². The topological polar surface area (TPSA) is 89.6 Å². The van der Waals surface area contributed by atoms with Crippen molar-refractivity contribution in [2.75, 3.05) is 0 Å². The normalized spacial score (nSPS) is 12.6. The molecule has 0 amide bonds. The molecule has 6 nitrogen and oxygen atoms in total. The van der Waals surface area contributed by atoms with Gasteiger partial charge in [0.05, 0.1) is 0 Å². The lowest BCUT2D eigenvalue weighted by Crippen LogP contribution is -2.16. The summed E-state index contributed by atoms with van der Waals surface area (Å²) in [6.45, 7) is 4.38. The highest BCUT2D eigenvalue weighted by atomic mass is 32.2. The molecule has 0 aliphatic rings. The van der Waals surface area contributed by atoms with Crippen LogP contribution in [0, 0.1) is 0 Å². The molecule has 2 aromatic heterocycles. The summed E-state index contributed by atoms with van der Waals surface area (Å²) < 4.78 is 1.56. The molecule has 7 heteroatoms. The van der Waals surface area contributed by atoms with Crippen molar-refractivity contribution >= 4 is 11.8 Å². The average molecular weight is 265 g/mol. The molecule has 0 unspecified atom stereocenters. The zero-order valence-corrected chi connectivity index (χ0v) is 11.1. The van der Waals surface area contributed by atoms with E-state index in [9.17, 15) is 4.79 Å². The van der Waals surface area contributed by atoms with Crippen molar-refractivity contribution in [3.8, 4) is 0 Å². The molecule has 96 valence electrons. The minimum Gasteiger partial charge on any atom is -0.324 e. The van der Waals surface area contributed by atoms with Crippen LogP contribution in [0.1, 0.15) is 25.5 Å². The molecule has 3 N–H and O–H groups in total. The lowest BCUT2D eigenvalue weighted by Gasteiger charge is -2.05. The summed E-state index contributed by atoms with van der Waals surface area (Å²) >= 11 is 1.35. The SMILES string of the molecule is CCn1c(Sc2ccc([C@@H](C)N)cn2)n[nH]c1=O. The van der Waals surface area contributed by atoms with Gasteiger partial charge in [0, 0.05) is 18.8 Å². The molecule has 0 saturated carbocycles. The highest BCUT2D eigenvalue weighted by Gasteiger charge is 2.09. The van der Waals surface area contributed by atoms with Crippen LogP contribution in [0.15, 0.2) is 33.3 Å². The van der Waals surface area contributed by atoms with Crippen molar-refractivity contribution in [3.05, 3.63) is 34.4 Å². The number of H-pyrrole nitrogens is 1. The fraction of sp³-hybridized carbons (Fsp3) is 0.364. The molecular formula is C11H15N5OS. The van der Waals surface area contributed by atoms with Crippen molar-refractivity contribution in [3.63, 3.8) is 0 Å². The van der Waals surface area contributed by atoms with Gasteiger partial charge in [-0.2, -0.15) is 0 Å². The molecular weight excluding hydrogens is 250 g/mol. The van der Waals surface area contributed by atoms with Gasteiger partial charge in [0.15, 0.2) is 5.16 Å². The minimum absolute atomic E-state index is 0.0317. The summed E-state index contributed by atoms with van der Waals surface area (Å²) in [5, 5.41) is 7.79. The van der Waals surface area contributed by atoms with Crippen LogP contribution in [0.3, 0.4) is 0 Å². The third-order valence-electron chi connectivity index (χ3n) is 2.52. The quantitative estimate of drug-likeness (QED) is 0.865. The van der Waals surface area contributed by atoms with Crippen molar-refractivity contribution in [1.29, 1.82) is 0 Å². The zero-order chi connectivity index (χ0) is 13.1. The fourth-order valence-electron chi connectivity index (χ4n) is 1.47. The minimum atomic E-state index is -0.202. The first-order chi connectivity index (χ1) is 8.61. The number of rotatable bonds is 4. The Kier molecular flexibility index (Phi) is 3.83. The maximum Gasteiger partial charge on any atom is 0.343 e. The fourth-order valence-corrected chi connectivity index (χ4v) is 2.32. The van der Waals surface area contributed by atoms with Crippen molar-refractivity contribution < 1.29 is 0 Å². The molecule has 0 aliphatic carbocycles. The Morgan fingerprint density at radius 3 is 2.89 bits per heavy atom. The summed E-state index contributed by atoms with van der Waals surface area (Å²) in [5.41, 5.74) is 6.53. The Morgan fingerprint density at radius 2 is 2.33 bits per heavy atom. The Labute approximate surface area is 109 Å². The summed E-state index contributed by atoms with van der Waals surface area (Å²) in [6, 6.07) is 3.78. The number of nitrogens with zero attached hydrogens (tertiary/aromatic N) is 3. The number of aromatic nitrogens is 4. The van der Waals surface area contributed by atoms with Crippen LogP contribution in [0.25, 0.3) is 0 Å². The van der Waals surface area contributed by atoms with Crippen molar-refractivity contribution in [2.24, 2.45) is 5.73 Å². The average Bonchev–Trinajstić information content (AvgIpc) is 2.70. The van der Waals surface area contributed by atoms with Crippen LogP contribution in [0.5, 0.6) is 0 Å². The van der Waals surface area contributed by atoms with E-state index >= 15 is 0 Å². The Hall–Kier alpha value is -1.60. The van der Waals surface area contributed by atoms with E-state index in [0.717, 1.165) is 10.6 Å². The monoisotopic (exact) mass is 265 g/mol. The Bertz CT molecular complexity index is 572. The highest BCUT2D eigenvalue weighted by molar-refractivity contribution is 7.99. The third kappa shape index (κ3) is 2.62. The van der Waals surface area contributed by atoms with E-state index in [2.05, 4.69) is 15.2 Å². The molecule has 2 aromatic rings. The molecule has 18 heavy (non-hydrogen) atoms. The zero-order valence-electron chi connectivity index (χ0n) is 10.3. The first-order valence-electron chi connectivity index (χ1n) is 5.66. The summed E-state index contributed by atoms with van der Waals surface area (Å²) in [6.07, 6.45) is 1.74. The molecule has 0 saturated heterocycles. The molecule has 1 atom stereocenters. The van der Waals surface area contributed by atoms with E-state index in [0.29, 0.717) is 11.7 Å². The molecule has 0 radical (unpaired) electrons. The van der Waals surface area contributed by atoms with Gasteiger partial charge in [-0.15, -0.1) is 5.10 Å². The van der Waals surface area contributed by atoms with Gasteiger partial charge < -0.3 is 5.73 Å². The summed E-state index contributed by atoms with van der Waals surface area (Å²) in [4.78, 5) is 15.7.